The number of carbonyl (C=O) groups is 1. The molecule has 0 unspecified atom stereocenters. The zero-order valence-electron chi connectivity index (χ0n) is 11.9. The maximum atomic E-state index is 12.2. The predicted octanol–water partition coefficient (Wildman–Crippen LogP) is 1.41. The van der Waals surface area contributed by atoms with Gasteiger partial charge in [-0.1, -0.05) is 5.16 Å². The molecule has 7 nitrogen and oxygen atoms in total. The summed E-state index contributed by atoms with van der Waals surface area (Å²) in [6, 6.07) is 5.01. The molecule has 0 aliphatic heterocycles. The Morgan fingerprint density at radius 1 is 1.35 bits per heavy atom. The Morgan fingerprint density at radius 2 is 2.00 bits per heavy atom. The third kappa shape index (κ3) is 3.11. The van der Waals surface area contributed by atoms with E-state index in [9.17, 15) is 4.79 Å². The summed E-state index contributed by atoms with van der Waals surface area (Å²) in [5, 5.41) is 14.3. The molecule has 0 fully saturated rings. The number of ether oxygens (including phenoxy) is 2. The van der Waals surface area contributed by atoms with Crippen molar-refractivity contribution in [2.45, 2.75) is 13.8 Å². The van der Waals surface area contributed by atoms with E-state index in [0.29, 0.717) is 17.2 Å². The Kier molecular flexibility index (Phi) is 4.79. The number of amidine groups is 1. The number of benzene rings is 1. The molecule has 0 spiro atoms. The Bertz CT molecular complexity index is 526. The van der Waals surface area contributed by atoms with Gasteiger partial charge in [0.25, 0.3) is 0 Å². The molecule has 0 atom stereocenters. The molecular weight excluding hydrogens is 262 g/mol. The Balaban J connectivity index is 3.06. The number of oxime groups is 1. The Morgan fingerprint density at radius 3 is 2.50 bits per heavy atom. The first-order chi connectivity index (χ1) is 9.36. The number of nitrogens with two attached hydrogens (primary N) is 1. The highest BCUT2D eigenvalue weighted by atomic mass is 16.5. The van der Waals surface area contributed by atoms with E-state index >= 15 is 0 Å². The summed E-state index contributed by atoms with van der Waals surface area (Å²) >= 11 is 0. The predicted molar refractivity (Wildman–Crippen MR) is 75.4 cm³/mol. The minimum absolute atomic E-state index is 0.183. The summed E-state index contributed by atoms with van der Waals surface area (Å²) in [5.41, 5.74) is 4.79. The van der Waals surface area contributed by atoms with Crippen molar-refractivity contribution in [1.29, 1.82) is 0 Å². The monoisotopic (exact) mass is 281 g/mol. The molecule has 7 heteroatoms. The van der Waals surface area contributed by atoms with Crippen molar-refractivity contribution in [3.8, 4) is 11.5 Å². The van der Waals surface area contributed by atoms with E-state index < -0.39 is 11.3 Å². The number of methoxy groups -OCH3 is 2. The number of amides is 1. The van der Waals surface area contributed by atoms with Gasteiger partial charge >= 0.3 is 0 Å². The molecule has 1 aromatic rings. The van der Waals surface area contributed by atoms with Crippen LogP contribution in [-0.4, -0.2) is 31.2 Å². The highest BCUT2D eigenvalue weighted by Gasteiger charge is 2.33. The van der Waals surface area contributed by atoms with E-state index in [0.717, 1.165) is 0 Å². The molecular formula is C13H19N3O4. The van der Waals surface area contributed by atoms with Crippen LogP contribution < -0.4 is 20.5 Å². The summed E-state index contributed by atoms with van der Waals surface area (Å²) < 4.78 is 10.3. The quantitative estimate of drug-likeness (QED) is 0.327. The molecule has 0 saturated heterocycles. The van der Waals surface area contributed by atoms with Crippen LogP contribution in [0.5, 0.6) is 11.5 Å². The molecule has 0 heterocycles. The van der Waals surface area contributed by atoms with Crippen LogP contribution in [0.15, 0.2) is 23.4 Å². The lowest BCUT2D eigenvalue weighted by Crippen LogP contribution is -2.42. The van der Waals surface area contributed by atoms with Gasteiger partial charge in [-0.15, -0.1) is 0 Å². The van der Waals surface area contributed by atoms with E-state index in [4.69, 9.17) is 20.4 Å². The zero-order valence-corrected chi connectivity index (χ0v) is 11.9. The van der Waals surface area contributed by atoms with Crippen molar-refractivity contribution in [2.24, 2.45) is 16.3 Å². The lowest BCUT2D eigenvalue weighted by Gasteiger charge is -2.22. The van der Waals surface area contributed by atoms with Gasteiger partial charge in [-0.25, -0.2) is 0 Å². The molecule has 4 N–H and O–H groups in total. The minimum Gasteiger partial charge on any atom is -0.497 e. The van der Waals surface area contributed by atoms with Gasteiger partial charge < -0.3 is 25.7 Å². The van der Waals surface area contributed by atoms with Gasteiger partial charge in [0.1, 0.15) is 16.9 Å². The number of rotatable bonds is 5. The number of nitrogens with zero attached hydrogens (tertiary/aromatic N) is 1. The van der Waals surface area contributed by atoms with Gasteiger partial charge in [-0.2, -0.15) is 0 Å². The lowest BCUT2D eigenvalue weighted by molar-refractivity contribution is -0.121. The van der Waals surface area contributed by atoms with Crippen LogP contribution in [0, 0.1) is 5.41 Å². The molecule has 0 bridgehead atoms. The summed E-state index contributed by atoms with van der Waals surface area (Å²) in [5.74, 6) is 0.438. The maximum Gasteiger partial charge on any atom is 0.237 e. The average molecular weight is 281 g/mol. The van der Waals surface area contributed by atoms with Gasteiger partial charge in [0.2, 0.25) is 5.91 Å². The third-order valence-electron chi connectivity index (χ3n) is 2.97. The smallest absolute Gasteiger partial charge is 0.237 e. The molecule has 0 aliphatic carbocycles. The van der Waals surface area contributed by atoms with E-state index in [1.54, 1.807) is 32.0 Å². The molecule has 0 saturated carbocycles. The molecule has 1 rings (SSSR count). The van der Waals surface area contributed by atoms with Crippen LogP contribution in [0.4, 0.5) is 5.69 Å². The molecule has 0 aromatic heterocycles. The van der Waals surface area contributed by atoms with E-state index in [2.05, 4.69) is 10.5 Å². The first-order valence-corrected chi connectivity index (χ1v) is 5.88. The second-order valence-corrected chi connectivity index (χ2v) is 4.63. The second-order valence-electron chi connectivity index (χ2n) is 4.63. The minimum atomic E-state index is -1.16. The topological polar surface area (TPSA) is 106 Å². The van der Waals surface area contributed by atoms with Gasteiger partial charge in [0, 0.05) is 6.07 Å². The summed E-state index contributed by atoms with van der Waals surface area (Å²) in [6.45, 7) is 3.09. The van der Waals surface area contributed by atoms with Crippen LogP contribution in [0.3, 0.4) is 0 Å². The fourth-order valence-electron chi connectivity index (χ4n) is 1.43. The zero-order chi connectivity index (χ0) is 15.3. The summed E-state index contributed by atoms with van der Waals surface area (Å²) in [6.07, 6.45) is 0. The maximum absolute atomic E-state index is 12.2. The highest BCUT2D eigenvalue weighted by Crippen LogP contribution is 2.30. The number of nitrogens with one attached hydrogen (secondary N) is 1. The molecule has 20 heavy (non-hydrogen) atoms. The summed E-state index contributed by atoms with van der Waals surface area (Å²) in [7, 11) is 3.01. The van der Waals surface area contributed by atoms with Crippen molar-refractivity contribution in [1.82, 2.24) is 0 Å². The van der Waals surface area contributed by atoms with Gasteiger partial charge in [-0.05, 0) is 26.0 Å². The van der Waals surface area contributed by atoms with Crippen LogP contribution in [0.2, 0.25) is 0 Å². The largest absolute Gasteiger partial charge is 0.497 e. The third-order valence-corrected chi connectivity index (χ3v) is 2.97. The standard InChI is InChI=1S/C13H19N3O4/c1-13(2,11(14)16-18)12(17)15-9-7-8(19-3)5-6-10(9)20-4/h5-7,18H,1-4H3,(H2,14,16)(H,15,17). The van der Waals surface area contributed by atoms with Gasteiger partial charge in [0.05, 0.1) is 19.9 Å². The highest BCUT2D eigenvalue weighted by molar-refractivity contribution is 6.11. The molecule has 1 amide bonds. The van der Waals surface area contributed by atoms with E-state index in [1.807, 2.05) is 0 Å². The van der Waals surface area contributed by atoms with Crippen molar-refractivity contribution in [3.63, 3.8) is 0 Å². The fraction of sp³-hybridized carbons (Fsp3) is 0.385. The van der Waals surface area contributed by atoms with Crippen LogP contribution in [-0.2, 0) is 4.79 Å². The number of carbonyl (C=O) groups excluding carboxylic acids is 1. The van der Waals surface area contributed by atoms with Gasteiger partial charge in [-0.3, -0.25) is 4.79 Å². The second kappa shape index (κ2) is 6.14. The van der Waals surface area contributed by atoms with Crippen LogP contribution in [0.25, 0.3) is 0 Å². The SMILES string of the molecule is COc1ccc(OC)c(NC(=O)C(C)(C)C(N)=NO)c1. The normalized spacial score (nSPS) is 11.9. The first kappa shape index (κ1) is 15.6. The fourth-order valence-corrected chi connectivity index (χ4v) is 1.43. The number of hydrogen-bond acceptors (Lipinski definition) is 5. The van der Waals surface area contributed by atoms with Gasteiger partial charge in [0.15, 0.2) is 5.84 Å². The van der Waals surface area contributed by atoms with Crippen LogP contribution >= 0.6 is 0 Å². The van der Waals surface area contributed by atoms with Crippen molar-refractivity contribution >= 4 is 17.4 Å². The number of anilines is 1. The Hall–Kier alpha value is -2.44. The lowest BCUT2D eigenvalue weighted by atomic mass is 9.91. The first-order valence-electron chi connectivity index (χ1n) is 5.88. The number of hydrogen-bond donors (Lipinski definition) is 3. The van der Waals surface area contributed by atoms with Crippen molar-refractivity contribution in [2.75, 3.05) is 19.5 Å². The van der Waals surface area contributed by atoms with Crippen LogP contribution in [0.1, 0.15) is 13.8 Å². The molecule has 110 valence electrons. The average Bonchev–Trinajstić information content (AvgIpc) is 2.45. The van der Waals surface area contributed by atoms with Crippen molar-refractivity contribution < 1.29 is 19.5 Å². The Labute approximate surface area is 117 Å². The van der Waals surface area contributed by atoms with E-state index in [1.165, 1.54) is 14.2 Å². The molecule has 0 radical (unpaired) electrons. The van der Waals surface area contributed by atoms with Crippen molar-refractivity contribution in [3.05, 3.63) is 18.2 Å². The molecule has 1 aromatic carbocycles. The summed E-state index contributed by atoms with van der Waals surface area (Å²) in [4.78, 5) is 12.2. The van der Waals surface area contributed by atoms with E-state index in [-0.39, 0.29) is 5.84 Å². The molecule has 0 aliphatic rings.